The zero-order valence-electron chi connectivity index (χ0n) is 13.1. The number of benzene rings is 1. The van der Waals surface area contributed by atoms with Crippen LogP contribution in [0.25, 0.3) is 0 Å². The molecule has 116 valence electrons. The van der Waals surface area contributed by atoms with E-state index < -0.39 is 0 Å². The Hall–Kier alpha value is -1.75. The van der Waals surface area contributed by atoms with Crippen molar-refractivity contribution in [2.24, 2.45) is 0 Å². The Balaban J connectivity index is 2.15. The van der Waals surface area contributed by atoms with Gasteiger partial charge in [0.2, 0.25) is 0 Å². The van der Waals surface area contributed by atoms with E-state index in [9.17, 15) is 4.79 Å². The fourth-order valence-corrected chi connectivity index (χ4v) is 2.78. The molecule has 5 nitrogen and oxygen atoms in total. The minimum atomic E-state index is -0.0547. The molecule has 5 heteroatoms. The van der Waals surface area contributed by atoms with Crippen LogP contribution in [0.1, 0.15) is 37.0 Å². The van der Waals surface area contributed by atoms with Crippen molar-refractivity contribution < 1.29 is 4.79 Å². The Morgan fingerprint density at radius 3 is 2.90 bits per heavy atom. The number of rotatable bonds is 4. The van der Waals surface area contributed by atoms with E-state index in [2.05, 4.69) is 29.5 Å². The second kappa shape index (κ2) is 6.80. The number of carbonyl (C=O) groups excluding carboxylic acids is 1. The van der Waals surface area contributed by atoms with Crippen molar-refractivity contribution in [3.63, 3.8) is 0 Å². The van der Waals surface area contributed by atoms with E-state index in [0.29, 0.717) is 29.9 Å². The quantitative estimate of drug-likeness (QED) is 0.741. The van der Waals surface area contributed by atoms with Gasteiger partial charge in [-0.1, -0.05) is 0 Å². The van der Waals surface area contributed by atoms with Crippen molar-refractivity contribution in [1.29, 1.82) is 0 Å². The minimum absolute atomic E-state index is 0.0547. The van der Waals surface area contributed by atoms with Crippen LogP contribution in [0.15, 0.2) is 18.2 Å². The number of nitrogens with zero attached hydrogens (tertiary/aromatic N) is 1. The summed E-state index contributed by atoms with van der Waals surface area (Å²) < 4.78 is 0. The van der Waals surface area contributed by atoms with Gasteiger partial charge in [-0.25, -0.2) is 0 Å². The Labute approximate surface area is 126 Å². The van der Waals surface area contributed by atoms with Gasteiger partial charge in [-0.3, -0.25) is 4.79 Å². The molecule has 2 rings (SSSR count). The lowest BCUT2D eigenvalue weighted by Gasteiger charge is -2.36. The highest BCUT2D eigenvalue weighted by atomic mass is 16.1. The molecular formula is C16H26N4O. The van der Waals surface area contributed by atoms with Crippen LogP contribution in [0, 0.1) is 0 Å². The predicted octanol–water partition coefficient (Wildman–Crippen LogP) is 1.91. The summed E-state index contributed by atoms with van der Waals surface area (Å²) in [4.78, 5) is 14.5. The molecule has 2 atom stereocenters. The van der Waals surface area contributed by atoms with Gasteiger partial charge >= 0.3 is 0 Å². The fourth-order valence-electron chi connectivity index (χ4n) is 2.78. The van der Waals surface area contributed by atoms with Crippen molar-refractivity contribution in [1.82, 2.24) is 10.2 Å². The van der Waals surface area contributed by atoms with Gasteiger partial charge in [-0.15, -0.1) is 0 Å². The number of carbonyl (C=O) groups is 1. The average Bonchev–Trinajstić information content (AvgIpc) is 2.43. The van der Waals surface area contributed by atoms with Crippen molar-refractivity contribution in [3.8, 4) is 0 Å². The number of hydrogen-bond acceptors (Lipinski definition) is 4. The maximum absolute atomic E-state index is 12.1. The number of nitrogens with two attached hydrogens (primary N) is 1. The summed E-state index contributed by atoms with van der Waals surface area (Å²) in [5.41, 5.74) is 8.05. The maximum atomic E-state index is 12.1. The van der Waals surface area contributed by atoms with Gasteiger partial charge in [0.15, 0.2) is 0 Å². The third-order valence-electron chi connectivity index (χ3n) is 4.19. The molecule has 21 heavy (non-hydrogen) atoms. The lowest BCUT2D eigenvalue weighted by Crippen LogP contribution is -2.42. The number of anilines is 2. The van der Waals surface area contributed by atoms with Crippen LogP contribution in [0.5, 0.6) is 0 Å². The highest BCUT2D eigenvalue weighted by Crippen LogP contribution is 2.24. The molecule has 1 heterocycles. The van der Waals surface area contributed by atoms with Crippen molar-refractivity contribution in [3.05, 3.63) is 23.8 Å². The van der Waals surface area contributed by atoms with E-state index in [0.717, 1.165) is 25.1 Å². The van der Waals surface area contributed by atoms with Crippen molar-refractivity contribution >= 4 is 17.3 Å². The molecule has 0 radical (unpaired) electrons. The third kappa shape index (κ3) is 3.88. The first-order valence-electron chi connectivity index (χ1n) is 7.65. The van der Waals surface area contributed by atoms with Crippen LogP contribution in [0.3, 0.4) is 0 Å². The van der Waals surface area contributed by atoms with Crippen LogP contribution in [0.4, 0.5) is 11.4 Å². The highest BCUT2D eigenvalue weighted by molar-refractivity contribution is 6.00. The number of nitrogens with one attached hydrogen (secondary N) is 2. The maximum Gasteiger partial charge on any atom is 0.253 e. The monoisotopic (exact) mass is 290 g/mol. The number of hydrogen-bond donors (Lipinski definition) is 3. The molecule has 0 bridgehead atoms. The second-order valence-electron chi connectivity index (χ2n) is 5.86. The van der Waals surface area contributed by atoms with Crippen LogP contribution < -0.4 is 16.4 Å². The highest BCUT2D eigenvalue weighted by Gasteiger charge is 2.23. The normalized spacial score (nSPS) is 22.8. The summed E-state index contributed by atoms with van der Waals surface area (Å²) in [5, 5.41) is 6.36. The van der Waals surface area contributed by atoms with Crippen molar-refractivity contribution in [2.45, 2.75) is 38.8 Å². The summed E-state index contributed by atoms with van der Waals surface area (Å²) in [5.74, 6) is -0.0547. The largest absolute Gasteiger partial charge is 0.399 e. The third-order valence-corrected chi connectivity index (χ3v) is 4.19. The second-order valence-corrected chi connectivity index (χ2v) is 5.86. The van der Waals surface area contributed by atoms with E-state index in [4.69, 9.17) is 5.73 Å². The summed E-state index contributed by atoms with van der Waals surface area (Å²) >= 11 is 0. The van der Waals surface area contributed by atoms with Crippen LogP contribution in [-0.4, -0.2) is 43.0 Å². The standard InChI is InChI=1S/C16H26N4O/c1-4-18-16(21)14-6-5-12(17)10-15(14)19-13-7-8-20(3)11(2)9-13/h5-6,10-11,13,19H,4,7-9,17H2,1-3H3,(H,18,21). The van der Waals surface area contributed by atoms with Crippen LogP contribution in [-0.2, 0) is 0 Å². The zero-order chi connectivity index (χ0) is 15.4. The molecule has 0 aromatic heterocycles. The van der Waals surface area contributed by atoms with Gasteiger partial charge in [0.05, 0.1) is 5.56 Å². The van der Waals surface area contributed by atoms with Gasteiger partial charge in [0, 0.05) is 36.5 Å². The Morgan fingerprint density at radius 2 is 2.24 bits per heavy atom. The van der Waals surface area contributed by atoms with Gasteiger partial charge in [-0.2, -0.15) is 0 Å². The summed E-state index contributed by atoms with van der Waals surface area (Å²) in [6, 6.07) is 6.35. The van der Waals surface area contributed by atoms with E-state index in [1.807, 2.05) is 13.0 Å². The minimum Gasteiger partial charge on any atom is -0.399 e. The van der Waals surface area contributed by atoms with E-state index in [1.165, 1.54) is 0 Å². The molecule has 0 saturated carbocycles. The van der Waals surface area contributed by atoms with Crippen LogP contribution >= 0.6 is 0 Å². The van der Waals surface area contributed by atoms with E-state index in [1.54, 1.807) is 12.1 Å². The number of amides is 1. The molecular weight excluding hydrogens is 264 g/mol. The summed E-state index contributed by atoms with van der Waals surface area (Å²) in [6.45, 7) is 5.84. The molecule has 2 unspecified atom stereocenters. The van der Waals surface area contributed by atoms with Gasteiger partial charge in [0.1, 0.15) is 0 Å². The summed E-state index contributed by atoms with van der Waals surface area (Å²) in [6.07, 6.45) is 2.14. The SMILES string of the molecule is CCNC(=O)c1ccc(N)cc1NC1CCN(C)C(C)C1. The van der Waals surface area contributed by atoms with Crippen LogP contribution in [0.2, 0.25) is 0 Å². The lowest BCUT2D eigenvalue weighted by atomic mass is 9.98. The molecule has 0 spiro atoms. The molecule has 1 aromatic rings. The topological polar surface area (TPSA) is 70.4 Å². The number of piperidine rings is 1. The number of likely N-dealkylation sites (tertiary alicyclic amines) is 1. The first kappa shape index (κ1) is 15.6. The van der Waals surface area contributed by atoms with E-state index >= 15 is 0 Å². The number of nitrogen functional groups attached to an aromatic ring is 1. The summed E-state index contributed by atoms with van der Waals surface area (Å²) in [7, 11) is 2.15. The first-order valence-corrected chi connectivity index (χ1v) is 7.65. The molecule has 0 aliphatic carbocycles. The molecule has 1 amide bonds. The molecule has 1 saturated heterocycles. The first-order chi connectivity index (χ1) is 10.0. The Kier molecular flexibility index (Phi) is 5.07. The molecule has 1 fully saturated rings. The molecule has 1 aromatic carbocycles. The van der Waals surface area contributed by atoms with E-state index in [-0.39, 0.29) is 5.91 Å². The van der Waals surface area contributed by atoms with Gasteiger partial charge in [0.25, 0.3) is 5.91 Å². The molecule has 1 aliphatic heterocycles. The average molecular weight is 290 g/mol. The molecule has 4 N–H and O–H groups in total. The van der Waals surface area contributed by atoms with Gasteiger partial charge in [-0.05, 0) is 51.9 Å². The van der Waals surface area contributed by atoms with Gasteiger partial charge < -0.3 is 21.3 Å². The lowest BCUT2D eigenvalue weighted by molar-refractivity contribution is 0.0956. The zero-order valence-corrected chi connectivity index (χ0v) is 13.1. The Bertz CT molecular complexity index is 503. The Morgan fingerprint density at radius 1 is 1.48 bits per heavy atom. The molecule has 1 aliphatic rings. The predicted molar refractivity (Wildman–Crippen MR) is 87.6 cm³/mol. The smallest absolute Gasteiger partial charge is 0.253 e. The fraction of sp³-hybridized carbons (Fsp3) is 0.562. The van der Waals surface area contributed by atoms with Crippen molar-refractivity contribution in [2.75, 3.05) is 31.2 Å².